The summed E-state index contributed by atoms with van der Waals surface area (Å²) < 4.78 is 64.5. The van der Waals surface area contributed by atoms with Gasteiger partial charge in [-0.3, -0.25) is 14.2 Å². The SMILES string of the molecule is Cc1ccc(NC(=O)c2ccnc(C(F)(F)F)c2)cc1-c1cc(OCCO)nc(C2(CF)CCOCC2)c1. The van der Waals surface area contributed by atoms with Gasteiger partial charge in [-0.1, -0.05) is 6.07 Å². The number of pyridine rings is 2. The van der Waals surface area contributed by atoms with Crippen LogP contribution in [0.2, 0.25) is 0 Å². The van der Waals surface area contributed by atoms with Gasteiger partial charge >= 0.3 is 6.18 Å². The summed E-state index contributed by atoms with van der Waals surface area (Å²) in [4.78, 5) is 20.5. The molecule has 1 aliphatic heterocycles. The lowest BCUT2D eigenvalue weighted by Crippen LogP contribution is -2.36. The van der Waals surface area contributed by atoms with Crippen LogP contribution in [0.1, 0.15) is 40.2 Å². The number of nitrogens with one attached hydrogen (secondary N) is 1. The van der Waals surface area contributed by atoms with Crippen molar-refractivity contribution in [3.8, 4) is 17.0 Å². The highest BCUT2D eigenvalue weighted by Gasteiger charge is 2.37. The number of amides is 1. The number of aliphatic hydroxyl groups excluding tert-OH is 1. The summed E-state index contributed by atoms with van der Waals surface area (Å²) in [5.41, 5.74) is 0.823. The average Bonchev–Trinajstić information content (AvgIpc) is 2.92. The summed E-state index contributed by atoms with van der Waals surface area (Å²) in [5, 5.41) is 11.8. The normalized spacial score (nSPS) is 15.2. The molecule has 11 heteroatoms. The summed E-state index contributed by atoms with van der Waals surface area (Å²) in [6.07, 6.45) is -2.86. The third-order valence-corrected chi connectivity index (χ3v) is 6.51. The van der Waals surface area contributed by atoms with Gasteiger partial charge in [0.15, 0.2) is 0 Å². The molecule has 3 heterocycles. The third-order valence-electron chi connectivity index (χ3n) is 6.51. The van der Waals surface area contributed by atoms with Crippen molar-refractivity contribution in [2.24, 2.45) is 0 Å². The van der Waals surface area contributed by atoms with Gasteiger partial charge in [0.25, 0.3) is 5.91 Å². The van der Waals surface area contributed by atoms with Crippen LogP contribution in [0.4, 0.5) is 23.2 Å². The molecule has 2 aromatic heterocycles. The number of aliphatic hydroxyl groups is 1. The molecule has 0 bridgehead atoms. The van der Waals surface area contributed by atoms with Crippen LogP contribution in [0.5, 0.6) is 5.88 Å². The maximum Gasteiger partial charge on any atom is 0.433 e. The molecule has 7 nitrogen and oxygen atoms in total. The van der Waals surface area contributed by atoms with Crippen molar-refractivity contribution in [3.63, 3.8) is 0 Å². The molecular formula is C27H27F4N3O4. The molecule has 1 fully saturated rings. The number of benzene rings is 1. The zero-order valence-corrected chi connectivity index (χ0v) is 20.6. The zero-order chi connectivity index (χ0) is 27.3. The fraction of sp³-hybridized carbons (Fsp3) is 0.370. The predicted octanol–water partition coefficient (Wildman–Crippen LogP) is 5.11. The van der Waals surface area contributed by atoms with Gasteiger partial charge in [0, 0.05) is 42.1 Å². The summed E-state index contributed by atoms with van der Waals surface area (Å²) in [7, 11) is 0. The molecule has 38 heavy (non-hydrogen) atoms. The first-order valence-corrected chi connectivity index (χ1v) is 12.0. The van der Waals surface area contributed by atoms with E-state index in [-0.39, 0.29) is 24.7 Å². The lowest BCUT2D eigenvalue weighted by atomic mass is 9.77. The maximum absolute atomic E-state index is 14.4. The Labute approximate surface area is 216 Å². The molecule has 3 aromatic rings. The lowest BCUT2D eigenvalue weighted by Gasteiger charge is -2.34. The quantitative estimate of drug-likeness (QED) is 0.391. The highest BCUT2D eigenvalue weighted by atomic mass is 19.4. The highest BCUT2D eigenvalue weighted by molar-refractivity contribution is 6.04. The minimum Gasteiger partial charge on any atom is -0.475 e. The minimum atomic E-state index is -4.68. The van der Waals surface area contributed by atoms with Crippen molar-refractivity contribution in [2.75, 3.05) is 38.4 Å². The van der Waals surface area contributed by atoms with E-state index < -0.39 is 29.9 Å². The van der Waals surface area contributed by atoms with Gasteiger partial charge in [0.2, 0.25) is 5.88 Å². The van der Waals surface area contributed by atoms with E-state index in [0.717, 1.165) is 11.8 Å². The van der Waals surface area contributed by atoms with Crippen molar-refractivity contribution in [3.05, 3.63) is 71.2 Å². The molecule has 0 atom stereocenters. The molecule has 202 valence electrons. The Kier molecular flexibility index (Phi) is 8.27. The van der Waals surface area contributed by atoms with Gasteiger partial charge in [0.05, 0.1) is 12.3 Å². The van der Waals surface area contributed by atoms with E-state index in [9.17, 15) is 27.5 Å². The summed E-state index contributed by atoms with van der Waals surface area (Å²) in [6.45, 7) is 1.79. The molecule has 2 N–H and O–H groups in total. The van der Waals surface area contributed by atoms with E-state index in [1.807, 2.05) is 6.92 Å². The second-order valence-electron chi connectivity index (χ2n) is 9.09. The van der Waals surface area contributed by atoms with Crippen molar-refractivity contribution in [1.82, 2.24) is 9.97 Å². The smallest absolute Gasteiger partial charge is 0.433 e. The molecule has 0 aliphatic carbocycles. The molecule has 0 saturated carbocycles. The number of aryl methyl sites for hydroxylation is 1. The molecule has 0 spiro atoms. The Balaban J connectivity index is 1.69. The molecule has 1 saturated heterocycles. The molecule has 1 aromatic carbocycles. The lowest BCUT2D eigenvalue weighted by molar-refractivity contribution is -0.141. The van der Waals surface area contributed by atoms with Gasteiger partial charge in [-0.15, -0.1) is 0 Å². The van der Waals surface area contributed by atoms with Crippen LogP contribution in [-0.2, 0) is 16.3 Å². The maximum atomic E-state index is 14.4. The van der Waals surface area contributed by atoms with Gasteiger partial charge in [0.1, 0.15) is 19.0 Å². The second-order valence-corrected chi connectivity index (χ2v) is 9.09. The van der Waals surface area contributed by atoms with E-state index in [0.29, 0.717) is 54.6 Å². The number of carbonyl (C=O) groups excluding carboxylic acids is 1. The van der Waals surface area contributed by atoms with Gasteiger partial charge in [-0.25, -0.2) is 4.98 Å². The number of hydrogen-bond acceptors (Lipinski definition) is 6. The van der Waals surface area contributed by atoms with Crippen LogP contribution in [0, 0.1) is 6.92 Å². The first-order chi connectivity index (χ1) is 18.1. The van der Waals surface area contributed by atoms with Crippen LogP contribution in [0.3, 0.4) is 0 Å². The molecule has 1 amide bonds. The Bertz CT molecular complexity index is 1290. The number of alkyl halides is 4. The summed E-state index contributed by atoms with van der Waals surface area (Å²) >= 11 is 0. The summed E-state index contributed by atoms with van der Waals surface area (Å²) in [5.74, 6) is -0.509. The number of hydrogen-bond donors (Lipinski definition) is 2. The minimum absolute atomic E-state index is 0.00254. The number of anilines is 1. The first kappa shape index (κ1) is 27.5. The van der Waals surface area contributed by atoms with Crippen LogP contribution < -0.4 is 10.1 Å². The molecule has 0 unspecified atom stereocenters. The number of rotatable bonds is 8. The van der Waals surface area contributed by atoms with E-state index in [1.165, 1.54) is 6.07 Å². The van der Waals surface area contributed by atoms with E-state index in [2.05, 4.69) is 15.3 Å². The fourth-order valence-electron chi connectivity index (χ4n) is 4.32. The second kappa shape index (κ2) is 11.4. The number of carbonyl (C=O) groups is 1. The third kappa shape index (κ3) is 6.11. The van der Waals surface area contributed by atoms with E-state index >= 15 is 0 Å². The van der Waals surface area contributed by atoms with Crippen molar-refractivity contribution in [1.29, 1.82) is 0 Å². The molecule has 0 radical (unpaired) electrons. The number of halogens is 4. The Morgan fingerprint density at radius 3 is 2.61 bits per heavy atom. The largest absolute Gasteiger partial charge is 0.475 e. The monoisotopic (exact) mass is 533 g/mol. The first-order valence-electron chi connectivity index (χ1n) is 12.0. The number of ether oxygens (including phenoxy) is 2. The highest BCUT2D eigenvalue weighted by Crippen LogP contribution is 2.38. The van der Waals surface area contributed by atoms with Crippen LogP contribution in [0.15, 0.2) is 48.7 Å². The van der Waals surface area contributed by atoms with Crippen molar-refractivity contribution in [2.45, 2.75) is 31.4 Å². The van der Waals surface area contributed by atoms with Crippen LogP contribution in [-0.4, -0.2) is 54.1 Å². The molecular weight excluding hydrogens is 506 g/mol. The van der Waals surface area contributed by atoms with Crippen LogP contribution in [0.25, 0.3) is 11.1 Å². The topological polar surface area (TPSA) is 93.6 Å². The predicted molar refractivity (Wildman–Crippen MR) is 132 cm³/mol. The fourth-order valence-corrected chi connectivity index (χ4v) is 4.32. The van der Waals surface area contributed by atoms with Crippen LogP contribution >= 0.6 is 0 Å². The Morgan fingerprint density at radius 2 is 1.92 bits per heavy atom. The Morgan fingerprint density at radius 1 is 1.16 bits per heavy atom. The van der Waals surface area contributed by atoms with Crippen molar-refractivity contribution >= 4 is 11.6 Å². The van der Waals surface area contributed by atoms with Crippen molar-refractivity contribution < 1.29 is 36.9 Å². The van der Waals surface area contributed by atoms with Gasteiger partial charge in [-0.05, 0) is 66.8 Å². The molecule has 1 aliphatic rings. The number of nitrogens with zero attached hydrogens (tertiary/aromatic N) is 2. The number of aromatic nitrogens is 2. The Hall–Kier alpha value is -3.57. The average molecular weight is 534 g/mol. The van der Waals surface area contributed by atoms with Gasteiger partial charge in [-0.2, -0.15) is 13.2 Å². The van der Waals surface area contributed by atoms with E-state index in [1.54, 1.807) is 30.3 Å². The summed E-state index contributed by atoms with van der Waals surface area (Å²) in [6, 6.07) is 10.4. The van der Waals surface area contributed by atoms with Gasteiger partial charge < -0.3 is 19.9 Å². The van der Waals surface area contributed by atoms with E-state index in [4.69, 9.17) is 9.47 Å². The molecule has 4 rings (SSSR count). The zero-order valence-electron chi connectivity index (χ0n) is 20.6. The standard InChI is InChI=1S/C27H27F4N3O4/c1-17-2-3-20(33-25(36)18-4-7-32-23(12-18)27(29,30)31)15-21(17)19-13-22(34-24(14-19)38-11-8-35)26(16-28)5-9-37-10-6-26/h2-4,7,12-15,35H,5-6,8-11,16H2,1H3,(H,33,36).